The topological polar surface area (TPSA) is 43.8 Å². The van der Waals surface area contributed by atoms with Gasteiger partial charge < -0.3 is 10.3 Å². The van der Waals surface area contributed by atoms with Crippen LogP contribution in [0.3, 0.4) is 0 Å². The molecule has 2 N–H and O–H groups in total. The van der Waals surface area contributed by atoms with Crippen LogP contribution in [0.5, 0.6) is 0 Å². The van der Waals surface area contributed by atoms with Crippen LogP contribution in [0, 0.1) is 0 Å². The van der Waals surface area contributed by atoms with Gasteiger partial charge >= 0.3 is 0 Å². The number of hydrogen-bond donors (Lipinski definition) is 1. The zero-order chi connectivity index (χ0) is 12.4. The molecule has 1 heterocycles. The van der Waals surface area contributed by atoms with Crippen LogP contribution in [0.25, 0.3) is 16.8 Å². The molecule has 0 fully saturated rings. The summed E-state index contributed by atoms with van der Waals surface area (Å²) in [6, 6.07) is 16.2. The molecule has 2 aromatic carbocycles. The zero-order valence-corrected chi connectivity index (χ0v) is 9.82. The van der Waals surface area contributed by atoms with Gasteiger partial charge in [0.1, 0.15) is 0 Å². The van der Waals surface area contributed by atoms with E-state index in [9.17, 15) is 0 Å². The quantitative estimate of drug-likeness (QED) is 0.693. The number of benzene rings is 2. The molecular weight excluding hydrogens is 222 g/mol. The first kappa shape index (κ1) is 10.6. The molecule has 0 radical (unpaired) electrons. The van der Waals surface area contributed by atoms with Crippen molar-refractivity contribution in [3.8, 4) is 16.8 Å². The minimum absolute atomic E-state index is 0.749. The van der Waals surface area contributed by atoms with Crippen molar-refractivity contribution >= 4 is 5.69 Å². The SMILES string of the molecule is Nc1ccc(-c2ccccc2)c(-n2ccnc2)c1. The predicted octanol–water partition coefficient (Wildman–Crippen LogP) is 3.12. The highest BCUT2D eigenvalue weighted by atomic mass is 15.0. The Labute approximate surface area is 106 Å². The first-order valence-corrected chi connectivity index (χ1v) is 5.78. The Balaban J connectivity index is 2.21. The number of rotatable bonds is 2. The number of anilines is 1. The Morgan fingerprint density at radius 2 is 1.83 bits per heavy atom. The summed E-state index contributed by atoms with van der Waals surface area (Å²) >= 11 is 0. The van der Waals surface area contributed by atoms with Crippen molar-refractivity contribution in [2.45, 2.75) is 0 Å². The molecule has 0 unspecified atom stereocenters. The van der Waals surface area contributed by atoms with E-state index in [1.165, 1.54) is 5.56 Å². The summed E-state index contributed by atoms with van der Waals surface area (Å²) in [5.41, 5.74) is 9.98. The lowest BCUT2D eigenvalue weighted by Crippen LogP contribution is -1.96. The van der Waals surface area contributed by atoms with Crippen LogP contribution in [-0.2, 0) is 0 Å². The summed E-state index contributed by atoms with van der Waals surface area (Å²) in [6.07, 6.45) is 5.46. The molecule has 0 aliphatic heterocycles. The molecule has 3 heteroatoms. The Morgan fingerprint density at radius 3 is 2.56 bits per heavy atom. The third-order valence-electron chi connectivity index (χ3n) is 2.89. The molecule has 0 atom stereocenters. The van der Waals surface area contributed by atoms with Gasteiger partial charge in [0.05, 0.1) is 12.0 Å². The zero-order valence-electron chi connectivity index (χ0n) is 9.82. The highest BCUT2D eigenvalue weighted by Gasteiger charge is 2.06. The molecule has 3 rings (SSSR count). The van der Waals surface area contributed by atoms with Crippen LogP contribution in [0.1, 0.15) is 0 Å². The number of hydrogen-bond acceptors (Lipinski definition) is 2. The number of aromatic nitrogens is 2. The molecule has 0 aliphatic rings. The van der Waals surface area contributed by atoms with E-state index in [4.69, 9.17) is 5.73 Å². The summed E-state index contributed by atoms with van der Waals surface area (Å²) in [5, 5.41) is 0. The monoisotopic (exact) mass is 235 g/mol. The van der Waals surface area contributed by atoms with E-state index >= 15 is 0 Å². The number of nitrogen functional groups attached to an aromatic ring is 1. The maximum atomic E-state index is 5.88. The van der Waals surface area contributed by atoms with Crippen molar-refractivity contribution in [3.05, 3.63) is 67.3 Å². The minimum Gasteiger partial charge on any atom is -0.399 e. The molecule has 0 saturated heterocycles. The van der Waals surface area contributed by atoms with E-state index in [-0.39, 0.29) is 0 Å². The summed E-state index contributed by atoms with van der Waals surface area (Å²) < 4.78 is 1.97. The predicted molar refractivity (Wildman–Crippen MR) is 73.4 cm³/mol. The average molecular weight is 235 g/mol. The van der Waals surface area contributed by atoms with Gasteiger partial charge in [0, 0.05) is 23.6 Å². The van der Waals surface area contributed by atoms with Crippen LogP contribution in [0.15, 0.2) is 67.3 Å². The molecular formula is C15H13N3. The first-order valence-electron chi connectivity index (χ1n) is 5.78. The molecule has 0 bridgehead atoms. The van der Waals surface area contributed by atoms with Crippen LogP contribution < -0.4 is 5.73 Å². The van der Waals surface area contributed by atoms with Crippen molar-refractivity contribution in [1.29, 1.82) is 0 Å². The summed E-state index contributed by atoms with van der Waals surface area (Å²) in [6.45, 7) is 0. The fourth-order valence-corrected chi connectivity index (χ4v) is 2.03. The largest absolute Gasteiger partial charge is 0.399 e. The van der Waals surface area contributed by atoms with E-state index < -0.39 is 0 Å². The van der Waals surface area contributed by atoms with E-state index in [0.29, 0.717) is 0 Å². The Hall–Kier alpha value is -2.55. The summed E-state index contributed by atoms with van der Waals surface area (Å²) in [4.78, 5) is 4.09. The van der Waals surface area contributed by atoms with Crippen LogP contribution in [-0.4, -0.2) is 9.55 Å². The van der Waals surface area contributed by atoms with Gasteiger partial charge in [-0.05, 0) is 17.7 Å². The van der Waals surface area contributed by atoms with Crippen molar-refractivity contribution in [3.63, 3.8) is 0 Å². The molecule has 0 spiro atoms. The third kappa shape index (κ3) is 1.86. The van der Waals surface area contributed by atoms with Gasteiger partial charge in [-0.2, -0.15) is 0 Å². The fraction of sp³-hybridized carbons (Fsp3) is 0. The molecule has 3 aromatic rings. The second-order valence-electron chi connectivity index (χ2n) is 4.11. The molecule has 88 valence electrons. The van der Waals surface area contributed by atoms with Crippen molar-refractivity contribution < 1.29 is 0 Å². The van der Waals surface area contributed by atoms with Crippen molar-refractivity contribution in [2.24, 2.45) is 0 Å². The van der Waals surface area contributed by atoms with Gasteiger partial charge in [-0.15, -0.1) is 0 Å². The third-order valence-corrected chi connectivity index (χ3v) is 2.89. The number of imidazole rings is 1. The maximum absolute atomic E-state index is 5.88. The second kappa shape index (κ2) is 4.37. The van der Waals surface area contributed by atoms with Crippen LogP contribution >= 0.6 is 0 Å². The van der Waals surface area contributed by atoms with E-state index in [1.54, 1.807) is 12.5 Å². The smallest absolute Gasteiger partial charge is 0.0991 e. The molecule has 0 amide bonds. The van der Waals surface area contributed by atoms with Gasteiger partial charge in [-0.25, -0.2) is 4.98 Å². The Bertz CT molecular complexity index is 643. The fourth-order valence-electron chi connectivity index (χ4n) is 2.03. The van der Waals surface area contributed by atoms with Gasteiger partial charge in [-0.1, -0.05) is 36.4 Å². The van der Waals surface area contributed by atoms with E-state index in [2.05, 4.69) is 17.1 Å². The lowest BCUT2D eigenvalue weighted by molar-refractivity contribution is 1.06. The minimum atomic E-state index is 0.749. The molecule has 18 heavy (non-hydrogen) atoms. The van der Waals surface area contributed by atoms with Gasteiger partial charge in [0.25, 0.3) is 0 Å². The lowest BCUT2D eigenvalue weighted by Gasteiger charge is -2.11. The summed E-state index contributed by atoms with van der Waals surface area (Å²) in [5.74, 6) is 0. The van der Waals surface area contributed by atoms with Crippen LogP contribution in [0.4, 0.5) is 5.69 Å². The molecule has 0 aliphatic carbocycles. The maximum Gasteiger partial charge on any atom is 0.0991 e. The van der Waals surface area contributed by atoms with Crippen LogP contribution in [0.2, 0.25) is 0 Å². The number of nitrogens with two attached hydrogens (primary N) is 1. The number of nitrogens with zero attached hydrogens (tertiary/aromatic N) is 2. The molecule has 3 nitrogen and oxygen atoms in total. The second-order valence-corrected chi connectivity index (χ2v) is 4.11. The van der Waals surface area contributed by atoms with Crippen molar-refractivity contribution in [1.82, 2.24) is 9.55 Å². The van der Waals surface area contributed by atoms with Gasteiger partial charge in [-0.3, -0.25) is 0 Å². The molecule has 1 aromatic heterocycles. The standard InChI is InChI=1S/C15H13N3/c16-13-6-7-14(12-4-2-1-3-5-12)15(10-13)18-9-8-17-11-18/h1-11H,16H2. The Kier molecular flexibility index (Phi) is 2.57. The van der Waals surface area contributed by atoms with E-state index in [1.807, 2.05) is 47.2 Å². The lowest BCUT2D eigenvalue weighted by atomic mass is 10.0. The van der Waals surface area contributed by atoms with Gasteiger partial charge in [0.2, 0.25) is 0 Å². The molecule has 0 saturated carbocycles. The van der Waals surface area contributed by atoms with Crippen molar-refractivity contribution in [2.75, 3.05) is 5.73 Å². The first-order chi connectivity index (χ1) is 8.84. The highest BCUT2D eigenvalue weighted by molar-refractivity contribution is 5.75. The Morgan fingerprint density at radius 1 is 1.00 bits per heavy atom. The average Bonchev–Trinajstić information content (AvgIpc) is 2.93. The van der Waals surface area contributed by atoms with Gasteiger partial charge in [0.15, 0.2) is 0 Å². The normalized spacial score (nSPS) is 10.4. The highest BCUT2D eigenvalue weighted by Crippen LogP contribution is 2.28. The summed E-state index contributed by atoms with van der Waals surface area (Å²) in [7, 11) is 0. The van der Waals surface area contributed by atoms with E-state index in [0.717, 1.165) is 16.9 Å².